The van der Waals surface area contributed by atoms with Crippen LogP contribution in [0.2, 0.25) is 0 Å². The Morgan fingerprint density at radius 2 is 1.97 bits per heavy atom. The number of thiophene rings is 1. The minimum Gasteiger partial charge on any atom is -0.461 e. The highest BCUT2D eigenvalue weighted by Gasteiger charge is 2.55. The van der Waals surface area contributed by atoms with Gasteiger partial charge in [-0.1, -0.05) is 34.4 Å². The highest BCUT2D eigenvalue weighted by Crippen LogP contribution is 2.41. The van der Waals surface area contributed by atoms with Crippen molar-refractivity contribution in [1.82, 2.24) is 10.2 Å². The molecule has 37 heavy (non-hydrogen) atoms. The van der Waals surface area contributed by atoms with Crippen LogP contribution in [-0.2, 0) is 38.3 Å². The largest absolute Gasteiger partial charge is 0.461 e. The van der Waals surface area contributed by atoms with Crippen LogP contribution in [0.15, 0.2) is 33.9 Å². The number of β-lactam (4-membered cyclic amide) rings is 1. The van der Waals surface area contributed by atoms with Gasteiger partial charge in [-0.2, -0.15) is 0 Å². The van der Waals surface area contributed by atoms with E-state index in [1.54, 1.807) is 38.3 Å². The Labute approximate surface area is 230 Å². The first-order valence-corrected chi connectivity index (χ1v) is 13.6. The number of nitrogens with zero attached hydrogens (tertiary/aromatic N) is 2. The lowest BCUT2D eigenvalue weighted by Crippen LogP contribution is -2.71. The first kappa shape index (κ1) is 29.0. The summed E-state index contributed by atoms with van der Waals surface area (Å²) in [7, 11) is 0. The topological polar surface area (TPSA) is 141 Å². The number of alkyl halides is 2. The third kappa shape index (κ3) is 7.03. The van der Waals surface area contributed by atoms with Gasteiger partial charge in [-0.25, -0.2) is 9.59 Å². The van der Waals surface area contributed by atoms with Crippen LogP contribution in [0.4, 0.5) is 0 Å². The summed E-state index contributed by atoms with van der Waals surface area (Å²) in [5.41, 5.74) is -0.713. The van der Waals surface area contributed by atoms with Crippen molar-refractivity contribution in [3.63, 3.8) is 0 Å². The van der Waals surface area contributed by atoms with Gasteiger partial charge < -0.3 is 19.6 Å². The summed E-state index contributed by atoms with van der Waals surface area (Å²) in [6, 6.07) is 2.22. The minimum absolute atomic E-state index is 0.0215. The average Bonchev–Trinajstić information content (AvgIpc) is 3.33. The minimum atomic E-state index is -1.50. The average molecular weight is 592 g/mol. The van der Waals surface area contributed by atoms with Gasteiger partial charge in [-0.3, -0.25) is 19.3 Å². The maximum absolute atomic E-state index is 13.2. The smallest absolute Gasteiger partial charge is 0.367 e. The van der Waals surface area contributed by atoms with Crippen LogP contribution in [-0.4, -0.2) is 74.5 Å². The Morgan fingerprint density at radius 3 is 2.54 bits per heavy atom. The molecule has 2 aliphatic heterocycles. The number of carbonyl (C=O) groups is 5. The third-order valence-corrected chi connectivity index (χ3v) is 7.32. The Kier molecular flexibility index (Phi) is 9.27. The van der Waals surface area contributed by atoms with E-state index < -0.39 is 51.6 Å². The first-order chi connectivity index (χ1) is 17.3. The predicted octanol–water partition coefficient (Wildman–Crippen LogP) is 2.36. The molecule has 3 heterocycles. The maximum atomic E-state index is 13.2. The fourth-order valence-corrected chi connectivity index (χ4v) is 5.36. The van der Waals surface area contributed by atoms with Crippen molar-refractivity contribution in [3.8, 4) is 0 Å². The molecular weight excluding hydrogens is 569 g/mol. The summed E-state index contributed by atoms with van der Waals surface area (Å²) < 4.78 is 10.5. The molecule has 1 saturated heterocycles. The van der Waals surface area contributed by atoms with Crippen molar-refractivity contribution in [3.05, 3.63) is 33.7 Å². The molecule has 3 rings (SSSR count). The van der Waals surface area contributed by atoms with Gasteiger partial charge in [0.15, 0.2) is 5.71 Å². The Bertz CT molecular complexity index is 1160. The number of thioether (sulfide) groups is 1. The van der Waals surface area contributed by atoms with Crippen LogP contribution in [0.25, 0.3) is 0 Å². The second-order valence-corrected chi connectivity index (χ2v) is 11.9. The Balaban J connectivity index is 1.83. The molecule has 2 aliphatic rings. The molecule has 1 fully saturated rings. The third-order valence-electron chi connectivity index (χ3n) is 4.75. The molecule has 0 radical (unpaired) electrons. The number of halogens is 2. The summed E-state index contributed by atoms with van der Waals surface area (Å²) in [4.78, 5) is 66.9. The number of esters is 2. The van der Waals surface area contributed by atoms with Crippen molar-refractivity contribution >= 4 is 81.7 Å². The van der Waals surface area contributed by atoms with E-state index >= 15 is 0 Å². The van der Waals surface area contributed by atoms with Crippen LogP contribution in [0.5, 0.6) is 0 Å². The van der Waals surface area contributed by atoms with Crippen molar-refractivity contribution in [2.45, 2.75) is 49.5 Å². The molecule has 0 aliphatic carbocycles. The van der Waals surface area contributed by atoms with Gasteiger partial charge in [0, 0.05) is 18.2 Å². The SMILES string of the molecule is CC(=O)OCC1=C(C(=O)OC(C)(C)C)N2C(=O)[C@@H](NC(=O)C(=NOC(=O)C(Cl)Cl)c3cccs3)[C@H]2SC1. The zero-order valence-corrected chi connectivity index (χ0v) is 23.3. The summed E-state index contributed by atoms with van der Waals surface area (Å²) in [6.45, 7) is 6.09. The molecule has 200 valence electrons. The number of nitrogens with one attached hydrogen (secondary N) is 1. The van der Waals surface area contributed by atoms with E-state index in [1.165, 1.54) is 23.6 Å². The summed E-state index contributed by atoms with van der Waals surface area (Å²) in [5, 5.41) is 7.23. The van der Waals surface area contributed by atoms with Crippen LogP contribution in [0.3, 0.4) is 0 Å². The van der Waals surface area contributed by atoms with Crippen LogP contribution in [0.1, 0.15) is 32.6 Å². The van der Waals surface area contributed by atoms with E-state index in [1.807, 2.05) is 0 Å². The van der Waals surface area contributed by atoms with Crippen LogP contribution in [0, 0.1) is 0 Å². The first-order valence-electron chi connectivity index (χ1n) is 10.7. The number of hydrogen-bond donors (Lipinski definition) is 1. The summed E-state index contributed by atoms with van der Waals surface area (Å²) >= 11 is 13.3. The normalized spacial score (nSPS) is 19.7. The number of amides is 2. The molecule has 1 aromatic heterocycles. The molecule has 15 heteroatoms. The number of ether oxygens (including phenoxy) is 2. The standard InChI is InChI=1S/C22H23Cl2N3O8S2/c1-10(28)33-8-11-9-37-19-14(18(30)27(19)15(11)20(31)34-22(2,3)4)25-17(29)13(12-6-5-7-36-12)26-35-21(32)16(23)24/h5-7,14,16,19H,8-9H2,1-4H3,(H,25,29)/t14-,19-/m1/s1. The molecule has 0 unspecified atom stereocenters. The Morgan fingerprint density at radius 1 is 1.27 bits per heavy atom. The second-order valence-electron chi connectivity index (χ2n) is 8.72. The lowest BCUT2D eigenvalue weighted by molar-refractivity contribution is -0.159. The quantitative estimate of drug-likeness (QED) is 0.120. The van der Waals surface area contributed by atoms with E-state index in [-0.39, 0.29) is 23.8 Å². The molecule has 2 amide bonds. The highest BCUT2D eigenvalue weighted by molar-refractivity contribution is 8.00. The molecule has 0 saturated carbocycles. The molecular formula is C22H23Cl2N3O8S2. The lowest BCUT2D eigenvalue weighted by atomic mass is 10.0. The Hall–Kier alpha value is -2.61. The van der Waals surface area contributed by atoms with E-state index in [2.05, 4.69) is 15.3 Å². The van der Waals surface area contributed by atoms with Gasteiger partial charge in [0.1, 0.15) is 29.3 Å². The fourth-order valence-electron chi connectivity index (χ4n) is 3.25. The van der Waals surface area contributed by atoms with Gasteiger partial charge in [-0.05, 0) is 32.2 Å². The van der Waals surface area contributed by atoms with Crippen LogP contribution < -0.4 is 5.32 Å². The second kappa shape index (κ2) is 11.8. The molecule has 2 atom stereocenters. The molecule has 0 aromatic carbocycles. The summed E-state index contributed by atoms with van der Waals surface area (Å²) in [6.07, 6.45) is 0. The molecule has 1 aromatic rings. The zero-order chi connectivity index (χ0) is 27.5. The zero-order valence-electron chi connectivity index (χ0n) is 20.1. The van der Waals surface area contributed by atoms with Crippen molar-refractivity contribution in [1.29, 1.82) is 0 Å². The summed E-state index contributed by atoms with van der Waals surface area (Å²) in [5.74, 6) is -3.48. The lowest BCUT2D eigenvalue weighted by Gasteiger charge is -2.49. The van der Waals surface area contributed by atoms with E-state index in [4.69, 9.17) is 32.7 Å². The monoisotopic (exact) mass is 591 g/mol. The molecule has 1 N–H and O–H groups in total. The number of fused-ring (bicyclic) bond motifs is 1. The van der Waals surface area contributed by atoms with Crippen molar-refractivity contribution in [2.24, 2.45) is 5.16 Å². The van der Waals surface area contributed by atoms with Crippen LogP contribution >= 0.6 is 46.3 Å². The maximum Gasteiger partial charge on any atom is 0.367 e. The van der Waals surface area contributed by atoms with E-state index in [0.717, 1.165) is 11.3 Å². The van der Waals surface area contributed by atoms with E-state index in [9.17, 15) is 24.0 Å². The molecule has 0 bridgehead atoms. The van der Waals surface area contributed by atoms with Gasteiger partial charge in [0.2, 0.25) is 4.84 Å². The number of hydrogen-bond acceptors (Lipinski definition) is 11. The highest BCUT2D eigenvalue weighted by atomic mass is 35.5. The van der Waals surface area contributed by atoms with Crippen molar-refractivity contribution in [2.75, 3.05) is 12.4 Å². The predicted molar refractivity (Wildman–Crippen MR) is 137 cm³/mol. The van der Waals surface area contributed by atoms with Crippen molar-refractivity contribution < 1.29 is 38.3 Å². The number of carbonyl (C=O) groups excluding carboxylic acids is 5. The van der Waals surface area contributed by atoms with Gasteiger partial charge in [0.05, 0.1) is 4.88 Å². The molecule has 11 nitrogen and oxygen atoms in total. The fraction of sp³-hybridized carbons (Fsp3) is 0.455. The van der Waals surface area contributed by atoms with Gasteiger partial charge in [-0.15, -0.1) is 23.1 Å². The number of rotatable bonds is 8. The van der Waals surface area contributed by atoms with Gasteiger partial charge >= 0.3 is 17.9 Å². The van der Waals surface area contributed by atoms with E-state index in [0.29, 0.717) is 10.5 Å². The van der Waals surface area contributed by atoms with Gasteiger partial charge in [0.25, 0.3) is 11.8 Å². The molecule has 0 spiro atoms. The number of oxime groups is 1.